The molecule has 0 unspecified atom stereocenters. The quantitative estimate of drug-likeness (QED) is 0.878. The molecule has 4 heteroatoms. The van der Waals surface area contributed by atoms with Gasteiger partial charge in [0.2, 0.25) is 11.7 Å². The van der Waals surface area contributed by atoms with Gasteiger partial charge in [0, 0.05) is 10.8 Å². The summed E-state index contributed by atoms with van der Waals surface area (Å²) >= 11 is 0. The number of carboxylic acids is 1. The lowest BCUT2D eigenvalue weighted by molar-refractivity contribution is 0.0654. The highest BCUT2D eigenvalue weighted by molar-refractivity contribution is 5.86. The lowest BCUT2D eigenvalue weighted by Gasteiger charge is -2.18. The first kappa shape index (κ1) is 13.7. The number of hydrogen-bond donors (Lipinski definition) is 1. The van der Waals surface area contributed by atoms with Crippen molar-refractivity contribution in [3.8, 4) is 0 Å². The van der Waals surface area contributed by atoms with E-state index in [-0.39, 0.29) is 16.6 Å². The summed E-state index contributed by atoms with van der Waals surface area (Å²) in [5.41, 5.74) is -0.0611. The average Bonchev–Trinajstić information content (AvgIpc) is 2.61. The minimum absolute atomic E-state index is 0.0333. The first-order valence-corrected chi connectivity index (χ1v) is 5.84. The SMILES string of the molecule is CCC(C)(C)c1nc(C(C)(C)C)c(C(=O)O)o1. The summed E-state index contributed by atoms with van der Waals surface area (Å²) in [7, 11) is 0. The Bertz CT molecular complexity index is 424. The van der Waals surface area contributed by atoms with Crippen LogP contribution < -0.4 is 0 Å². The summed E-state index contributed by atoms with van der Waals surface area (Å²) in [5, 5.41) is 9.15. The molecule has 0 saturated carbocycles. The zero-order valence-corrected chi connectivity index (χ0v) is 11.4. The van der Waals surface area contributed by atoms with Gasteiger partial charge < -0.3 is 9.52 Å². The molecular formula is C13H21NO3. The van der Waals surface area contributed by atoms with E-state index in [1.165, 1.54) is 0 Å². The molecule has 0 aromatic carbocycles. The van der Waals surface area contributed by atoms with Crippen molar-refractivity contribution in [2.75, 3.05) is 0 Å². The van der Waals surface area contributed by atoms with Gasteiger partial charge >= 0.3 is 5.97 Å². The third-order valence-electron chi connectivity index (χ3n) is 2.99. The number of carboxylic acid groups (broad SMARTS) is 1. The van der Waals surface area contributed by atoms with Crippen LogP contribution in [0.2, 0.25) is 0 Å². The second kappa shape index (κ2) is 4.17. The van der Waals surface area contributed by atoms with Crippen LogP contribution in [0.25, 0.3) is 0 Å². The van der Waals surface area contributed by atoms with E-state index in [1.807, 2.05) is 41.5 Å². The van der Waals surface area contributed by atoms with Crippen LogP contribution in [0, 0.1) is 0 Å². The predicted octanol–water partition coefficient (Wildman–Crippen LogP) is 3.36. The Morgan fingerprint density at radius 2 is 1.82 bits per heavy atom. The fourth-order valence-corrected chi connectivity index (χ4v) is 1.41. The van der Waals surface area contributed by atoms with Crippen LogP contribution in [0.5, 0.6) is 0 Å². The molecule has 96 valence electrons. The van der Waals surface area contributed by atoms with Crippen molar-refractivity contribution in [2.24, 2.45) is 0 Å². The van der Waals surface area contributed by atoms with E-state index >= 15 is 0 Å². The van der Waals surface area contributed by atoms with Crippen molar-refractivity contribution in [2.45, 2.75) is 58.8 Å². The highest BCUT2D eigenvalue weighted by Crippen LogP contribution is 2.32. The third kappa shape index (κ3) is 2.68. The molecule has 1 aromatic heterocycles. The van der Waals surface area contributed by atoms with Gasteiger partial charge in [-0.15, -0.1) is 0 Å². The molecule has 0 aliphatic rings. The van der Waals surface area contributed by atoms with Crippen molar-refractivity contribution in [1.29, 1.82) is 0 Å². The Morgan fingerprint density at radius 3 is 2.12 bits per heavy atom. The van der Waals surface area contributed by atoms with Gasteiger partial charge in [-0.05, 0) is 6.42 Å². The maximum absolute atomic E-state index is 11.2. The summed E-state index contributed by atoms with van der Waals surface area (Å²) < 4.78 is 5.45. The number of rotatable bonds is 3. The van der Waals surface area contributed by atoms with Gasteiger partial charge in [0.05, 0.1) is 5.69 Å². The Kier molecular flexibility index (Phi) is 3.37. The molecule has 0 atom stereocenters. The summed E-state index contributed by atoms with van der Waals surface area (Å²) in [6, 6.07) is 0. The van der Waals surface area contributed by atoms with Crippen LogP contribution in [-0.4, -0.2) is 16.1 Å². The second-order valence-electron chi connectivity index (χ2n) is 5.99. The van der Waals surface area contributed by atoms with E-state index in [0.29, 0.717) is 11.6 Å². The molecule has 0 fully saturated rings. The molecule has 0 bridgehead atoms. The molecule has 0 radical (unpaired) electrons. The van der Waals surface area contributed by atoms with E-state index in [1.54, 1.807) is 0 Å². The molecule has 0 aliphatic heterocycles. The van der Waals surface area contributed by atoms with Gasteiger partial charge in [0.1, 0.15) is 0 Å². The molecule has 0 saturated heterocycles. The van der Waals surface area contributed by atoms with Crippen LogP contribution in [0.4, 0.5) is 0 Å². The molecule has 17 heavy (non-hydrogen) atoms. The number of carbonyl (C=O) groups is 1. The van der Waals surface area contributed by atoms with Gasteiger partial charge in [-0.2, -0.15) is 0 Å². The zero-order valence-electron chi connectivity index (χ0n) is 11.4. The molecule has 0 aliphatic carbocycles. The van der Waals surface area contributed by atoms with Gasteiger partial charge in [-0.25, -0.2) is 9.78 Å². The van der Waals surface area contributed by atoms with Gasteiger partial charge in [0.15, 0.2) is 0 Å². The Balaban J connectivity index is 3.37. The van der Waals surface area contributed by atoms with E-state index in [4.69, 9.17) is 9.52 Å². The summed E-state index contributed by atoms with van der Waals surface area (Å²) in [5.74, 6) is -0.586. The summed E-state index contributed by atoms with van der Waals surface area (Å²) in [6.45, 7) is 11.8. The Labute approximate surface area is 102 Å². The first-order chi connectivity index (χ1) is 7.59. The second-order valence-corrected chi connectivity index (χ2v) is 5.99. The molecule has 0 amide bonds. The lowest BCUT2D eigenvalue weighted by Crippen LogP contribution is -2.18. The number of nitrogens with zero attached hydrogens (tertiary/aromatic N) is 1. The number of hydrogen-bond acceptors (Lipinski definition) is 3. The van der Waals surface area contributed by atoms with Crippen LogP contribution >= 0.6 is 0 Å². The number of oxazole rings is 1. The average molecular weight is 239 g/mol. The zero-order chi connectivity index (χ0) is 13.4. The van der Waals surface area contributed by atoms with Gasteiger partial charge in [-0.1, -0.05) is 41.5 Å². The topological polar surface area (TPSA) is 63.3 Å². The highest BCUT2D eigenvalue weighted by atomic mass is 16.4. The molecule has 4 nitrogen and oxygen atoms in total. The van der Waals surface area contributed by atoms with Crippen molar-refractivity contribution < 1.29 is 14.3 Å². The van der Waals surface area contributed by atoms with Crippen molar-refractivity contribution in [1.82, 2.24) is 4.98 Å². The van der Waals surface area contributed by atoms with E-state index in [9.17, 15) is 4.79 Å². The molecule has 1 rings (SSSR count). The third-order valence-corrected chi connectivity index (χ3v) is 2.99. The fraction of sp³-hybridized carbons (Fsp3) is 0.692. The van der Waals surface area contributed by atoms with E-state index in [2.05, 4.69) is 4.98 Å². The molecule has 1 heterocycles. The van der Waals surface area contributed by atoms with Crippen molar-refractivity contribution in [3.05, 3.63) is 17.3 Å². The fourth-order valence-electron chi connectivity index (χ4n) is 1.41. The largest absolute Gasteiger partial charge is 0.475 e. The normalized spacial score (nSPS) is 12.8. The number of aromatic nitrogens is 1. The first-order valence-electron chi connectivity index (χ1n) is 5.84. The smallest absolute Gasteiger partial charge is 0.373 e. The van der Waals surface area contributed by atoms with Crippen LogP contribution in [-0.2, 0) is 10.8 Å². The Morgan fingerprint density at radius 1 is 1.29 bits per heavy atom. The molecular weight excluding hydrogens is 218 g/mol. The highest BCUT2D eigenvalue weighted by Gasteiger charge is 2.33. The molecule has 1 aromatic rings. The standard InChI is InChI=1S/C13H21NO3/c1-7-13(5,6)11-14-9(12(2,3)4)8(17-11)10(15)16/h7H2,1-6H3,(H,15,16). The van der Waals surface area contributed by atoms with Crippen LogP contribution in [0.3, 0.4) is 0 Å². The van der Waals surface area contributed by atoms with Crippen LogP contribution in [0.1, 0.15) is 70.1 Å². The monoisotopic (exact) mass is 239 g/mol. The van der Waals surface area contributed by atoms with Gasteiger partial charge in [0.25, 0.3) is 0 Å². The van der Waals surface area contributed by atoms with E-state index < -0.39 is 5.97 Å². The lowest BCUT2D eigenvalue weighted by atomic mass is 9.89. The predicted molar refractivity (Wildman–Crippen MR) is 65.5 cm³/mol. The molecule has 1 N–H and O–H groups in total. The Hall–Kier alpha value is -1.32. The minimum atomic E-state index is -1.06. The van der Waals surface area contributed by atoms with Gasteiger partial charge in [-0.3, -0.25) is 0 Å². The number of aromatic carboxylic acids is 1. The minimum Gasteiger partial charge on any atom is -0.475 e. The van der Waals surface area contributed by atoms with E-state index in [0.717, 1.165) is 6.42 Å². The summed E-state index contributed by atoms with van der Waals surface area (Å²) in [4.78, 5) is 15.6. The van der Waals surface area contributed by atoms with Crippen LogP contribution in [0.15, 0.2) is 4.42 Å². The maximum atomic E-state index is 11.2. The maximum Gasteiger partial charge on any atom is 0.373 e. The molecule has 0 spiro atoms. The van der Waals surface area contributed by atoms with Crippen molar-refractivity contribution >= 4 is 5.97 Å². The van der Waals surface area contributed by atoms with Crippen molar-refractivity contribution in [3.63, 3.8) is 0 Å². The summed E-state index contributed by atoms with van der Waals surface area (Å²) in [6.07, 6.45) is 0.843.